The van der Waals surface area contributed by atoms with Crippen molar-refractivity contribution in [3.05, 3.63) is 34.8 Å². The van der Waals surface area contributed by atoms with Crippen molar-refractivity contribution in [2.75, 3.05) is 0 Å². The number of hydrogen-bond donors (Lipinski definition) is 0. The zero-order valence-corrected chi connectivity index (χ0v) is 10.2. The second kappa shape index (κ2) is 5.19. The first kappa shape index (κ1) is 11.9. The molecule has 2 nitrogen and oxygen atoms in total. The van der Waals surface area contributed by atoms with Gasteiger partial charge in [-0.15, -0.1) is 0 Å². The smallest absolute Gasteiger partial charge is 0.227 e. The van der Waals surface area contributed by atoms with E-state index in [4.69, 9.17) is 11.8 Å². The van der Waals surface area contributed by atoms with Gasteiger partial charge in [0.05, 0.1) is 12.6 Å². The second-order valence-electron chi connectivity index (χ2n) is 5.11. The van der Waals surface area contributed by atoms with E-state index in [1.807, 2.05) is 0 Å². The summed E-state index contributed by atoms with van der Waals surface area (Å²) in [5, 5.41) is 9.02. The van der Waals surface area contributed by atoms with Crippen LogP contribution in [0.1, 0.15) is 44.9 Å². The molecule has 0 aliphatic heterocycles. The van der Waals surface area contributed by atoms with Gasteiger partial charge in [0, 0.05) is 0 Å². The lowest BCUT2D eigenvalue weighted by Crippen LogP contribution is -2.19. The van der Waals surface area contributed by atoms with Crippen LogP contribution in [0.15, 0.2) is 23.4 Å². The highest BCUT2D eigenvalue weighted by molar-refractivity contribution is 5.37. The van der Waals surface area contributed by atoms with E-state index in [1.54, 1.807) is 0 Å². The van der Waals surface area contributed by atoms with Gasteiger partial charge in [-0.05, 0) is 49.5 Å². The van der Waals surface area contributed by atoms with Gasteiger partial charge in [0.1, 0.15) is 0 Å². The summed E-state index contributed by atoms with van der Waals surface area (Å²) in [4.78, 5) is 3.40. The molecule has 2 heteroatoms. The molecule has 88 valence electrons. The van der Waals surface area contributed by atoms with Gasteiger partial charge in [-0.2, -0.15) is 0 Å². The van der Waals surface area contributed by atoms with E-state index in [-0.39, 0.29) is 0 Å². The second-order valence-corrected chi connectivity index (χ2v) is 5.11. The molecule has 2 saturated carbocycles. The standard InChI is InChI=1S/C15H18N2/c1-11-6-3-4-7-12(11)13-8-5-9-14(13)15(10-16)17-2/h12-13H,1,3-9H2/b15-14+/t12-,13+/m0/s1. The molecular formula is C15H18N2. The molecule has 0 amide bonds. The summed E-state index contributed by atoms with van der Waals surface area (Å²) in [7, 11) is 0. The predicted molar refractivity (Wildman–Crippen MR) is 67.7 cm³/mol. The summed E-state index contributed by atoms with van der Waals surface area (Å²) in [6, 6.07) is 2.07. The summed E-state index contributed by atoms with van der Waals surface area (Å²) < 4.78 is 0. The van der Waals surface area contributed by atoms with E-state index in [0.717, 1.165) is 31.3 Å². The predicted octanol–water partition coefficient (Wildman–Crippen LogP) is 4.23. The van der Waals surface area contributed by atoms with Gasteiger partial charge in [0.2, 0.25) is 0 Å². The third-order valence-electron chi connectivity index (χ3n) is 4.20. The molecule has 2 aliphatic carbocycles. The first-order valence-electron chi connectivity index (χ1n) is 6.46. The highest BCUT2D eigenvalue weighted by Gasteiger charge is 2.33. The van der Waals surface area contributed by atoms with E-state index in [2.05, 4.69) is 17.5 Å². The van der Waals surface area contributed by atoms with E-state index in [1.165, 1.54) is 24.8 Å². The van der Waals surface area contributed by atoms with Crippen LogP contribution >= 0.6 is 0 Å². The van der Waals surface area contributed by atoms with Crippen molar-refractivity contribution in [2.24, 2.45) is 11.8 Å². The normalized spacial score (nSPS) is 31.8. The average molecular weight is 226 g/mol. The Morgan fingerprint density at radius 2 is 2.00 bits per heavy atom. The quantitative estimate of drug-likeness (QED) is 0.373. The topological polar surface area (TPSA) is 28.1 Å². The SMILES string of the molecule is [C-]#[N+]/C(C#N)=C1\CCC[C@@H]1[C@H]1CCCCC1=C. The van der Waals surface area contributed by atoms with Gasteiger partial charge in [-0.1, -0.05) is 25.0 Å². The molecule has 0 aromatic rings. The minimum atomic E-state index is 0.353. The molecule has 2 fully saturated rings. The number of allylic oxidation sites excluding steroid dienone is 3. The molecule has 0 radical (unpaired) electrons. The summed E-state index contributed by atoms with van der Waals surface area (Å²) in [6.07, 6.45) is 8.07. The van der Waals surface area contributed by atoms with Crippen LogP contribution < -0.4 is 0 Å². The van der Waals surface area contributed by atoms with Gasteiger partial charge in [-0.3, -0.25) is 0 Å². The van der Waals surface area contributed by atoms with Gasteiger partial charge >= 0.3 is 0 Å². The highest BCUT2D eigenvalue weighted by atomic mass is 14.7. The van der Waals surface area contributed by atoms with Crippen molar-refractivity contribution >= 4 is 0 Å². The van der Waals surface area contributed by atoms with E-state index in [9.17, 15) is 0 Å². The van der Waals surface area contributed by atoms with Gasteiger partial charge in [0.25, 0.3) is 5.70 Å². The maximum Gasteiger partial charge on any atom is 0.261 e. The van der Waals surface area contributed by atoms with Crippen molar-refractivity contribution in [3.8, 4) is 6.07 Å². The van der Waals surface area contributed by atoms with Crippen LogP contribution in [0.2, 0.25) is 0 Å². The van der Waals surface area contributed by atoms with Crippen molar-refractivity contribution in [1.29, 1.82) is 5.26 Å². The van der Waals surface area contributed by atoms with Crippen LogP contribution in [-0.2, 0) is 0 Å². The Balaban J connectivity index is 2.26. The Hall–Kier alpha value is -1.54. The van der Waals surface area contributed by atoms with Crippen molar-refractivity contribution in [3.63, 3.8) is 0 Å². The Morgan fingerprint density at radius 3 is 2.65 bits per heavy atom. The van der Waals surface area contributed by atoms with E-state index >= 15 is 0 Å². The molecule has 2 rings (SSSR count). The Bertz CT molecular complexity index is 415. The fourth-order valence-corrected chi connectivity index (χ4v) is 3.37. The van der Waals surface area contributed by atoms with Gasteiger partial charge in [-0.25, -0.2) is 10.1 Å². The summed E-state index contributed by atoms with van der Waals surface area (Å²) >= 11 is 0. The van der Waals surface area contributed by atoms with Crippen molar-refractivity contribution < 1.29 is 0 Å². The maximum absolute atomic E-state index is 9.02. The fraction of sp³-hybridized carbons (Fsp3) is 0.600. The monoisotopic (exact) mass is 226 g/mol. The van der Waals surface area contributed by atoms with Crippen molar-refractivity contribution in [2.45, 2.75) is 44.9 Å². The maximum atomic E-state index is 9.02. The molecule has 0 heterocycles. The van der Waals surface area contributed by atoms with Gasteiger partial charge in [0.15, 0.2) is 0 Å². The first-order chi connectivity index (χ1) is 8.27. The molecule has 0 N–H and O–H groups in total. The lowest BCUT2D eigenvalue weighted by atomic mass is 9.74. The fourth-order valence-electron chi connectivity index (χ4n) is 3.37. The Morgan fingerprint density at radius 1 is 1.24 bits per heavy atom. The van der Waals surface area contributed by atoms with Crippen LogP contribution in [0.3, 0.4) is 0 Å². The van der Waals surface area contributed by atoms with Crippen LogP contribution in [0.5, 0.6) is 0 Å². The zero-order valence-electron chi connectivity index (χ0n) is 10.2. The largest absolute Gasteiger partial charge is 0.261 e. The Labute approximate surface area is 103 Å². The summed E-state index contributed by atoms with van der Waals surface area (Å²) in [5.41, 5.74) is 2.82. The molecule has 0 bridgehead atoms. The third kappa shape index (κ3) is 2.27. The molecule has 0 saturated heterocycles. The number of rotatable bonds is 1. The van der Waals surface area contributed by atoms with Crippen LogP contribution in [0, 0.1) is 29.7 Å². The average Bonchev–Trinajstić information content (AvgIpc) is 2.80. The van der Waals surface area contributed by atoms with Crippen LogP contribution in [-0.4, -0.2) is 0 Å². The van der Waals surface area contributed by atoms with Gasteiger partial charge < -0.3 is 0 Å². The molecule has 0 spiro atoms. The zero-order chi connectivity index (χ0) is 12.3. The minimum Gasteiger partial charge on any atom is -0.227 e. The molecule has 2 aliphatic rings. The number of hydrogen-bond acceptors (Lipinski definition) is 1. The van der Waals surface area contributed by atoms with E-state index < -0.39 is 0 Å². The molecular weight excluding hydrogens is 208 g/mol. The van der Waals surface area contributed by atoms with Crippen LogP contribution in [0.25, 0.3) is 4.85 Å². The van der Waals surface area contributed by atoms with Crippen molar-refractivity contribution in [1.82, 2.24) is 0 Å². The summed E-state index contributed by atoms with van der Waals surface area (Å²) in [6.45, 7) is 11.3. The lowest BCUT2D eigenvalue weighted by molar-refractivity contribution is 0.357. The number of nitriles is 1. The Kier molecular flexibility index (Phi) is 3.64. The molecule has 0 unspecified atom stereocenters. The minimum absolute atomic E-state index is 0.353. The number of nitrogens with zero attached hydrogens (tertiary/aromatic N) is 2. The van der Waals surface area contributed by atoms with Crippen LogP contribution in [0.4, 0.5) is 0 Å². The van der Waals surface area contributed by atoms with E-state index in [0.29, 0.717) is 17.5 Å². The molecule has 2 atom stereocenters. The molecule has 0 aromatic heterocycles. The highest BCUT2D eigenvalue weighted by Crippen LogP contribution is 2.45. The lowest BCUT2D eigenvalue weighted by Gasteiger charge is -2.31. The molecule has 0 aromatic carbocycles. The third-order valence-corrected chi connectivity index (χ3v) is 4.20. The summed E-state index contributed by atoms with van der Waals surface area (Å²) in [5.74, 6) is 0.970. The molecule has 17 heavy (non-hydrogen) atoms. The first-order valence-corrected chi connectivity index (χ1v) is 6.46.